The lowest BCUT2D eigenvalue weighted by Gasteiger charge is -2.33. The van der Waals surface area contributed by atoms with Gasteiger partial charge >= 0.3 is 6.03 Å². The second-order valence-corrected chi connectivity index (χ2v) is 6.02. The van der Waals surface area contributed by atoms with E-state index in [1.165, 1.54) is 0 Å². The first-order valence-corrected chi connectivity index (χ1v) is 8.24. The van der Waals surface area contributed by atoms with Crippen molar-refractivity contribution in [1.82, 2.24) is 15.5 Å². The summed E-state index contributed by atoms with van der Waals surface area (Å²) in [4.78, 5) is 25.2. The number of aliphatic hydroxyl groups is 1. The summed E-state index contributed by atoms with van der Waals surface area (Å²) >= 11 is 0. The Balaban J connectivity index is 1.73. The number of rotatable bonds is 6. The Labute approximate surface area is 142 Å². The van der Waals surface area contributed by atoms with Crippen LogP contribution in [-0.2, 0) is 4.79 Å². The fourth-order valence-corrected chi connectivity index (χ4v) is 2.93. The minimum absolute atomic E-state index is 0.190. The summed E-state index contributed by atoms with van der Waals surface area (Å²) in [5.74, 6) is -0.124. The highest BCUT2D eigenvalue weighted by Crippen LogP contribution is 2.30. The largest absolute Gasteiger partial charge is 0.388 e. The van der Waals surface area contributed by atoms with Crippen molar-refractivity contribution < 1.29 is 14.7 Å². The molecule has 0 aromatic heterocycles. The van der Waals surface area contributed by atoms with Gasteiger partial charge in [0.1, 0.15) is 0 Å². The highest BCUT2D eigenvalue weighted by molar-refractivity contribution is 5.95. The number of amides is 3. The van der Waals surface area contributed by atoms with Crippen molar-refractivity contribution in [2.75, 3.05) is 26.2 Å². The van der Waals surface area contributed by atoms with Gasteiger partial charge < -0.3 is 10.4 Å². The predicted molar refractivity (Wildman–Crippen MR) is 92.3 cm³/mol. The third kappa shape index (κ3) is 5.47. The highest BCUT2D eigenvalue weighted by atomic mass is 16.3. The Morgan fingerprint density at radius 2 is 1.96 bits per heavy atom. The predicted octanol–water partition coefficient (Wildman–Crippen LogP) is 1.44. The van der Waals surface area contributed by atoms with Crippen molar-refractivity contribution in [3.8, 4) is 0 Å². The molecule has 1 aliphatic rings. The van der Waals surface area contributed by atoms with Crippen LogP contribution in [0.3, 0.4) is 0 Å². The summed E-state index contributed by atoms with van der Waals surface area (Å²) < 4.78 is 0. The van der Waals surface area contributed by atoms with Crippen LogP contribution in [0.4, 0.5) is 4.79 Å². The standard InChI is InChI=1S/C18H25N3O3/c1-2-10-19-18(24)20-16(22)13-21-11-8-15(9-12-21)17(23)14-6-4-3-5-7-14/h2-7,15,17,23H,1,8-13H2,(H2,19,20,22,24). The lowest BCUT2D eigenvalue weighted by atomic mass is 9.87. The molecule has 6 nitrogen and oxygen atoms in total. The van der Waals surface area contributed by atoms with Crippen LogP contribution in [0, 0.1) is 5.92 Å². The summed E-state index contributed by atoms with van der Waals surface area (Å²) in [5.41, 5.74) is 0.938. The van der Waals surface area contributed by atoms with Crippen molar-refractivity contribution in [3.05, 3.63) is 48.6 Å². The number of benzene rings is 1. The molecule has 0 spiro atoms. The Kier molecular flexibility index (Phi) is 6.96. The molecule has 1 fully saturated rings. The third-order valence-corrected chi connectivity index (χ3v) is 4.25. The molecule has 6 heteroatoms. The van der Waals surface area contributed by atoms with Gasteiger partial charge in [0, 0.05) is 6.54 Å². The molecular weight excluding hydrogens is 306 g/mol. The van der Waals surface area contributed by atoms with Gasteiger partial charge in [-0.2, -0.15) is 0 Å². The SMILES string of the molecule is C=CCNC(=O)NC(=O)CN1CCC(C(O)c2ccccc2)CC1. The van der Waals surface area contributed by atoms with Gasteiger partial charge in [0.05, 0.1) is 12.6 Å². The summed E-state index contributed by atoms with van der Waals surface area (Å²) in [5, 5.41) is 15.3. The lowest BCUT2D eigenvalue weighted by Crippen LogP contribution is -2.46. The summed E-state index contributed by atoms with van der Waals surface area (Å²) in [7, 11) is 0. The number of carbonyl (C=O) groups excluding carboxylic acids is 2. The summed E-state index contributed by atoms with van der Waals surface area (Å²) in [6.07, 6.45) is 2.73. The van der Waals surface area contributed by atoms with E-state index in [0.717, 1.165) is 31.5 Å². The average Bonchev–Trinajstić information content (AvgIpc) is 2.60. The van der Waals surface area contributed by atoms with Gasteiger partial charge in [0.15, 0.2) is 0 Å². The Bertz CT molecular complexity index is 554. The van der Waals surface area contributed by atoms with Crippen LogP contribution in [0.2, 0.25) is 0 Å². The molecule has 2 rings (SSSR count). The number of urea groups is 1. The van der Waals surface area contributed by atoms with Crippen molar-refractivity contribution in [1.29, 1.82) is 0 Å². The fourth-order valence-electron chi connectivity index (χ4n) is 2.93. The van der Waals surface area contributed by atoms with Gasteiger partial charge in [0.25, 0.3) is 0 Å². The van der Waals surface area contributed by atoms with Gasteiger partial charge in [-0.25, -0.2) is 4.79 Å². The van der Waals surface area contributed by atoms with Gasteiger partial charge in [-0.3, -0.25) is 15.0 Å². The number of nitrogens with one attached hydrogen (secondary N) is 2. The number of likely N-dealkylation sites (tertiary alicyclic amines) is 1. The van der Waals surface area contributed by atoms with E-state index in [1.807, 2.05) is 35.2 Å². The van der Waals surface area contributed by atoms with Gasteiger partial charge in [-0.15, -0.1) is 6.58 Å². The molecule has 3 N–H and O–H groups in total. The molecule has 24 heavy (non-hydrogen) atoms. The van der Waals surface area contributed by atoms with E-state index >= 15 is 0 Å². The number of hydrogen-bond acceptors (Lipinski definition) is 4. The lowest BCUT2D eigenvalue weighted by molar-refractivity contribution is -0.121. The maximum Gasteiger partial charge on any atom is 0.321 e. The first-order chi connectivity index (χ1) is 11.6. The van der Waals surface area contributed by atoms with E-state index in [1.54, 1.807) is 6.08 Å². The molecule has 0 saturated carbocycles. The zero-order valence-corrected chi connectivity index (χ0v) is 13.8. The van der Waals surface area contributed by atoms with E-state index in [2.05, 4.69) is 17.2 Å². The van der Waals surface area contributed by atoms with Crippen LogP contribution in [-0.4, -0.2) is 48.1 Å². The zero-order valence-electron chi connectivity index (χ0n) is 13.8. The van der Waals surface area contributed by atoms with Gasteiger partial charge in [-0.1, -0.05) is 36.4 Å². The Hall–Kier alpha value is -2.18. The first kappa shape index (κ1) is 18.2. The van der Waals surface area contributed by atoms with Gasteiger partial charge in [-0.05, 0) is 37.4 Å². The number of aliphatic hydroxyl groups excluding tert-OH is 1. The minimum atomic E-state index is -0.505. The smallest absolute Gasteiger partial charge is 0.321 e. The fraction of sp³-hybridized carbons (Fsp3) is 0.444. The molecule has 1 unspecified atom stereocenters. The minimum Gasteiger partial charge on any atom is -0.388 e. The molecule has 1 aliphatic heterocycles. The second-order valence-electron chi connectivity index (χ2n) is 6.02. The molecule has 0 bridgehead atoms. The van der Waals surface area contributed by atoms with Crippen molar-refractivity contribution >= 4 is 11.9 Å². The van der Waals surface area contributed by atoms with Crippen molar-refractivity contribution in [2.45, 2.75) is 18.9 Å². The maximum absolute atomic E-state index is 11.8. The molecule has 0 radical (unpaired) electrons. The van der Waals surface area contributed by atoms with E-state index in [9.17, 15) is 14.7 Å². The Morgan fingerprint density at radius 3 is 2.58 bits per heavy atom. The number of nitrogens with zero attached hydrogens (tertiary/aromatic N) is 1. The maximum atomic E-state index is 11.8. The number of imide groups is 1. The van der Waals surface area contributed by atoms with Crippen LogP contribution >= 0.6 is 0 Å². The third-order valence-electron chi connectivity index (χ3n) is 4.25. The molecule has 1 heterocycles. The highest BCUT2D eigenvalue weighted by Gasteiger charge is 2.27. The topological polar surface area (TPSA) is 81.7 Å². The van der Waals surface area contributed by atoms with Crippen molar-refractivity contribution in [3.63, 3.8) is 0 Å². The number of carbonyl (C=O) groups is 2. The number of piperidine rings is 1. The summed E-state index contributed by atoms with van der Waals surface area (Å²) in [6.45, 7) is 5.47. The molecule has 1 aromatic rings. The van der Waals surface area contributed by atoms with Crippen LogP contribution in [0.1, 0.15) is 24.5 Å². The van der Waals surface area contributed by atoms with Crippen LogP contribution in [0.25, 0.3) is 0 Å². The van der Waals surface area contributed by atoms with E-state index in [4.69, 9.17) is 0 Å². The number of hydrogen-bond donors (Lipinski definition) is 3. The molecule has 130 valence electrons. The second kappa shape index (κ2) is 9.20. The zero-order chi connectivity index (χ0) is 17.4. The summed E-state index contributed by atoms with van der Waals surface area (Å²) in [6, 6.07) is 9.15. The molecule has 0 aliphatic carbocycles. The Morgan fingerprint density at radius 1 is 1.29 bits per heavy atom. The molecule has 3 amide bonds. The molecule has 1 atom stereocenters. The van der Waals surface area contributed by atoms with Crippen LogP contribution in [0.15, 0.2) is 43.0 Å². The van der Waals surface area contributed by atoms with Gasteiger partial charge in [0.2, 0.25) is 5.91 Å². The quantitative estimate of drug-likeness (QED) is 0.689. The molecule has 1 saturated heterocycles. The van der Waals surface area contributed by atoms with Crippen LogP contribution < -0.4 is 10.6 Å². The normalized spacial score (nSPS) is 17.0. The van der Waals surface area contributed by atoms with Crippen molar-refractivity contribution in [2.24, 2.45) is 5.92 Å². The first-order valence-electron chi connectivity index (χ1n) is 8.24. The van der Waals surface area contributed by atoms with E-state index in [-0.39, 0.29) is 18.4 Å². The van der Waals surface area contributed by atoms with E-state index in [0.29, 0.717) is 6.54 Å². The molecule has 1 aromatic carbocycles. The van der Waals surface area contributed by atoms with Crippen LogP contribution in [0.5, 0.6) is 0 Å². The average molecular weight is 331 g/mol. The molecular formula is C18H25N3O3. The monoisotopic (exact) mass is 331 g/mol. The van der Waals surface area contributed by atoms with E-state index < -0.39 is 12.1 Å².